The van der Waals surface area contributed by atoms with Gasteiger partial charge in [-0.25, -0.2) is 18.6 Å². The fourth-order valence-corrected chi connectivity index (χ4v) is 3.42. The number of nitrogens with zero attached hydrogens (tertiary/aromatic N) is 1. The molecule has 3 rings (SSSR count). The quantitative estimate of drug-likeness (QED) is 0.378. The molecular weight excluding hydrogens is 486 g/mol. The van der Waals surface area contributed by atoms with Crippen molar-refractivity contribution in [3.05, 3.63) is 59.1 Å². The molecule has 0 aliphatic rings. The van der Waals surface area contributed by atoms with E-state index in [1.54, 1.807) is 5.38 Å². The third kappa shape index (κ3) is 7.11. The van der Waals surface area contributed by atoms with Crippen LogP contribution in [0.15, 0.2) is 41.8 Å². The highest BCUT2D eigenvalue weighted by molar-refractivity contribution is 7.14. The van der Waals surface area contributed by atoms with E-state index >= 15 is 0 Å². The van der Waals surface area contributed by atoms with E-state index in [2.05, 4.69) is 25.7 Å². The number of methoxy groups -OCH3 is 2. The molecule has 3 amide bonds. The minimum absolute atomic E-state index is 0.0351. The molecule has 0 spiro atoms. The summed E-state index contributed by atoms with van der Waals surface area (Å²) in [5.41, 5.74) is 0.279. The number of carbonyl (C=O) groups excluding carboxylic acids is 3. The highest BCUT2D eigenvalue weighted by Gasteiger charge is 2.17. The molecule has 0 atom stereocenters. The Morgan fingerprint density at radius 2 is 1.86 bits per heavy atom. The van der Waals surface area contributed by atoms with Gasteiger partial charge < -0.3 is 24.8 Å². The molecule has 0 bridgehead atoms. The molecule has 3 aromatic rings. The zero-order valence-corrected chi connectivity index (χ0v) is 19.3. The summed E-state index contributed by atoms with van der Waals surface area (Å²) in [6.07, 6.45) is -0.122. The Labute approximate surface area is 202 Å². The van der Waals surface area contributed by atoms with Gasteiger partial charge in [0.2, 0.25) is 11.7 Å². The fraction of sp³-hybridized carbons (Fsp3) is 0.182. The number of hydrogen-bond acceptors (Lipinski definition) is 8. The summed E-state index contributed by atoms with van der Waals surface area (Å²) in [5, 5.41) is 8.97. The number of anilines is 2. The number of benzene rings is 2. The Hall–Kier alpha value is -4.26. The Morgan fingerprint density at radius 3 is 2.60 bits per heavy atom. The van der Waals surface area contributed by atoms with Gasteiger partial charge in [-0.2, -0.15) is 0 Å². The van der Waals surface area contributed by atoms with Gasteiger partial charge in [0.05, 0.1) is 32.0 Å². The van der Waals surface area contributed by atoms with Crippen LogP contribution >= 0.6 is 11.3 Å². The first kappa shape index (κ1) is 25.4. The lowest BCUT2D eigenvalue weighted by Gasteiger charge is -2.15. The van der Waals surface area contributed by atoms with E-state index < -0.39 is 29.5 Å². The summed E-state index contributed by atoms with van der Waals surface area (Å²) >= 11 is 1.05. The number of hydrogen-bond donors (Lipinski definition) is 3. The first-order chi connectivity index (χ1) is 16.8. The predicted molar refractivity (Wildman–Crippen MR) is 123 cm³/mol. The minimum atomic E-state index is -0.781. The first-order valence-corrected chi connectivity index (χ1v) is 10.8. The number of ether oxygens (including phenoxy) is 3. The van der Waals surface area contributed by atoms with Crippen molar-refractivity contribution in [3.63, 3.8) is 0 Å². The largest absolute Gasteiger partial charge is 0.493 e. The van der Waals surface area contributed by atoms with Crippen molar-refractivity contribution in [3.8, 4) is 17.2 Å². The molecular formula is C22H20F2N4O6S. The average molecular weight is 506 g/mol. The van der Waals surface area contributed by atoms with Crippen LogP contribution in [-0.2, 0) is 20.7 Å². The van der Waals surface area contributed by atoms with Gasteiger partial charge in [0.25, 0.3) is 0 Å². The summed E-state index contributed by atoms with van der Waals surface area (Å²) in [4.78, 5) is 39.5. The molecule has 0 saturated carbocycles. The van der Waals surface area contributed by atoms with Gasteiger partial charge in [0.1, 0.15) is 12.4 Å². The van der Waals surface area contributed by atoms with Crippen LogP contribution in [0.2, 0.25) is 0 Å². The normalized spacial score (nSPS) is 10.3. The number of para-hydroxylation sites is 1. The maximum atomic E-state index is 14.2. The topological polar surface area (TPSA) is 128 Å². The Morgan fingerprint density at radius 1 is 1.06 bits per heavy atom. The van der Waals surface area contributed by atoms with Crippen molar-refractivity contribution in [2.75, 3.05) is 31.4 Å². The molecule has 0 saturated heterocycles. The minimum Gasteiger partial charge on any atom is -0.493 e. The van der Waals surface area contributed by atoms with Crippen LogP contribution in [0.5, 0.6) is 17.2 Å². The molecule has 13 heteroatoms. The van der Waals surface area contributed by atoms with Crippen molar-refractivity contribution < 1.29 is 37.4 Å². The molecule has 0 fully saturated rings. The van der Waals surface area contributed by atoms with Crippen LogP contribution in [0.3, 0.4) is 0 Å². The summed E-state index contributed by atoms with van der Waals surface area (Å²) in [7, 11) is 2.54. The van der Waals surface area contributed by atoms with Crippen LogP contribution in [0.25, 0.3) is 0 Å². The number of rotatable bonds is 9. The average Bonchev–Trinajstić information content (AvgIpc) is 3.26. The van der Waals surface area contributed by atoms with Crippen LogP contribution in [-0.4, -0.2) is 43.7 Å². The number of nitrogens with one attached hydrogen (secondary N) is 3. The van der Waals surface area contributed by atoms with E-state index in [-0.39, 0.29) is 41.0 Å². The first-order valence-electron chi connectivity index (χ1n) is 9.95. The van der Waals surface area contributed by atoms with Gasteiger partial charge in [-0.15, -0.1) is 11.3 Å². The van der Waals surface area contributed by atoms with Gasteiger partial charge in [-0.1, -0.05) is 6.07 Å². The molecule has 2 aromatic carbocycles. The molecule has 0 radical (unpaired) electrons. The maximum absolute atomic E-state index is 14.2. The number of urea groups is 1. The van der Waals surface area contributed by atoms with Crippen molar-refractivity contribution in [2.45, 2.75) is 6.42 Å². The fourth-order valence-electron chi connectivity index (χ4n) is 2.71. The number of thiazole rings is 1. The van der Waals surface area contributed by atoms with Crippen LogP contribution < -0.4 is 25.4 Å². The van der Waals surface area contributed by atoms with Crippen molar-refractivity contribution in [2.24, 2.45) is 0 Å². The van der Waals surface area contributed by atoms with E-state index in [9.17, 15) is 23.2 Å². The van der Waals surface area contributed by atoms with Crippen molar-refractivity contribution >= 4 is 40.1 Å². The van der Waals surface area contributed by atoms with Crippen LogP contribution in [0, 0.1) is 11.6 Å². The molecule has 184 valence electrons. The number of halogens is 2. The second-order valence-corrected chi connectivity index (χ2v) is 7.62. The Bertz CT molecular complexity index is 1240. The van der Waals surface area contributed by atoms with Gasteiger partial charge >= 0.3 is 12.0 Å². The molecule has 35 heavy (non-hydrogen) atoms. The third-order valence-electron chi connectivity index (χ3n) is 4.32. The Kier molecular flexibility index (Phi) is 8.51. The molecule has 1 heterocycles. The zero-order valence-electron chi connectivity index (χ0n) is 18.5. The smallest absolute Gasteiger partial charge is 0.325 e. The predicted octanol–water partition coefficient (Wildman–Crippen LogP) is 3.70. The zero-order chi connectivity index (χ0) is 25.4. The van der Waals surface area contributed by atoms with Gasteiger partial charge in [0.15, 0.2) is 22.4 Å². The maximum Gasteiger partial charge on any atom is 0.325 e. The lowest BCUT2D eigenvalue weighted by atomic mass is 10.2. The van der Waals surface area contributed by atoms with Crippen molar-refractivity contribution in [1.29, 1.82) is 0 Å². The number of carbonyl (C=O) groups is 3. The summed E-state index contributed by atoms with van der Waals surface area (Å²) in [6.45, 7) is -0.274. The lowest BCUT2D eigenvalue weighted by Crippen LogP contribution is -2.31. The molecule has 10 nitrogen and oxygen atoms in total. The van der Waals surface area contributed by atoms with E-state index in [1.165, 1.54) is 32.4 Å². The highest BCUT2D eigenvalue weighted by atomic mass is 32.1. The molecule has 3 N–H and O–H groups in total. The Balaban J connectivity index is 1.66. The lowest BCUT2D eigenvalue weighted by molar-refractivity contribution is -0.141. The molecule has 0 aliphatic heterocycles. The summed E-state index contributed by atoms with van der Waals surface area (Å²) in [5.74, 6) is -2.59. The van der Waals surface area contributed by atoms with E-state index in [1.807, 2.05) is 0 Å². The van der Waals surface area contributed by atoms with Crippen molar-refractivity contribution in [1.82, 2.24) is 10.3 Å². The second-order valence-electron chi connectivity index (χ2n) is 6.77. The molecule has 0 unspecified atom stereocenters. The molecule has 1 aromatic heterocycles. The van der Waals surface area contributed by atoms with Gasteiger partial charge in [0, 0.05) is 11.4 Å². The second kappa shape index (κ2) is 11.7. The summed E-state index contributed by atoms with van der Waals surface area (Å²) < 4.78 is 43.2. The van der Waals surface area contributed by atoms with Crippen LogP contribution in [0.4, 0.5) is 24.4 Å². The third-order valence-corrected chi connectivity index (χ3v) is 5.13. The van der Waals surface area contributed by atoms with Crippen LogP contribution in [0.1, 0.15) is 5.69 Å². The van der Waals surface area contributed by atoms with Gasteiger partial charge in [-0.05, 0) is 24.3 Å². The number of esters is 1. The van der Waals surface area contributed by atoms with Gasteiger partial charge in [-0.3, -0.25) is 14.9 Å². The SMILES string of the molecule is COC(=O)CNC(=O)Cc1csc(NC(=O)Nc2cc(F)ccc2Oc2c(F)cccc2OC)n1. The van der Waals surface area contributed by atoms with E-state index in [0.29, 0.717) is 5.69 Å². The number of amides is 3. The standard InChI is InChI=1S/C22H20F2N4O6S/c1-32-17-5-3-4-14(24)20(17)34-16-7-6-12(23)8-15(16)27-21(31)28-22-26-13(11-35-22)9-18(29)25-10-19(30)33-2/h3-8,11H,9-10H2,1-2H3,(H,25,29)(H2,26,27,28,31). The number of aromatic nitrogens is 1. The highest BCUT2D eigenvalue weighted by Crippen LogP contribution is 2.37. The van der Waals surface area contributed by atoms with E-state index in [0.717, 1.165) is 29.5 Å². The monoisotopic (exact) mass is 506 g/mol. The molecule has 0 aliphatic carbocycles. The summed E-state index contributed by atoms with van der Waals surface area (Å²) in [6, 6.07) is 6.62. The van der Waals surface area contributed by atoms with E-state index in [4.69, 9.17) is 9.47 Å².